The van der Waals surface area contributed by atoms with Crippen LogP contribution in [0.3, 0.4) is 0 Å². The lowest BCUT2D eigenvalue weighted by Crippen LogP contribution is -2.38. The molecule has 0 aliphatic carbocycles. The number of sulfonamides is 1. The number of carbonyl (C=O) groups excluding carboxylic acids is 1. The van der Waals surface area contributed by atoms with Gasteiger partial charge in [-0.25, -0.2) is 8.42 Å². The summed E-state index contributed by atoms with van der Waals surface area (Å²) in [6, 6.07) is 11.7. The fourth-order valence-corrected chi connectivity index (χ4v) is 4.77. The highest BCUT2D eigenvalue weighted by molar-refractivity contribution is 7.92. The minimum Gasteiger partial charge on any atom is -0.379 e. The summed E-state index contributed by atoms with van der Waals surface area (Å²) in [6.07, 6.45) is 1.98. The van der Waals surface area contributed by atoms with E-state index < -0.39 is 10.0 Å². The molecule has 0 bridgehead atoms. The highest BCUT2D eigenvalue weighted by Crippen LogP contribution is 2.34. The number of nitrogens with zero attached hydrogens (tertiary/aromatic N) is 2. The zero-order chi connectivity index (χ0) is 23.1. The van der Waals surface area contributed by atoms with Gasteiger partial charge in [-0.2, -0.15) is 0 Å². The van der Waals surface area contributed by atoms with E-state index >= 15 is 0 Å². The van der Waals surface area contributed by atoms with Crippen LogP contribution in [-0.4, -0.2) is 64.9 Å². The van der Waals surface area contributed by atoms with Gasteiger partial charge in [-0.3, -0.25) is 14.0 Å². The molecule has 1 saturated heterocycles. The number of hydrogen-bond acceptors (Lipinski definition) is 5. The molecule has 1 heterocycles. The number of halogens is 2. The largest absolute Gasteiger partial charge is 0.379 e. The fourth-order valence-electron chi connectivity index (χ4n) is 3.42. The summed E-state index contributed by atoms with van der Waals surface area (Å²) >= 11 is 12.3. The van der Waals surface area contributed by atoms with Crippen LogP contribution < -0.4 is 9.62 Å². The number of rotatable bonds is 9. The summed E-state index contributed by atoms with van der Waals surface area (Å²) in [6.45, 7) is 4.97. The second kappa shape index (κ2) is 11.3. The van der Waals surface area contributed by atoms with Crippen molar-refractivity contribution in [2.24, 2.45) is 0 Å². The number of hydrogen-bond donors (Lipinski definition) is 1. The Bertz CT molecular complexity index is 1030. The van der Waals surface area contributed by atoms with Crippen LogP contribution in [0.1, 0.15) is 22.3 Å². The SMILES string of the molecule is CS(=O)(=O)N(Cc1ccc(C(=O)NCCCN2CCOCC2)cc1)c1cccc(Cl)c1Cl. The van der Waals surface area contributed by atoms with Crippen LogP contribution in [0, 0.1) is 0 Å². The lowest BCUT2D eigenvalue weighted by Gasteiger charge is -2.26. The van der Waals surface area contributed by atoms with E-state index in [-0.39, 0.29) is 22.5 Å². The minimum atomic E-state index is -3.61. The van der Waals surface area contributed by atoms with Crippen molar-refractivity contribution >= 4 is 44.8 Å². The standard InChI is InChI=1S/C22H27Cl2N3O4S/c1-32(29,30)27(20-5-2-4-19(23)21(20)24)16-17-6-8-18(9-7-17)22(28)25-10-3-11-26-12-14-31-15-13-26/h2,4-9H,3,10-16H2,1H3,(H,25,28). The molecule has 1 N–H and O–H groups in total. The first-order chi connectivity index (χ1) is 15.3. The number of carbonyl (C=O) groups is 1. The Morgan fingerprint density at radius 2 is 1.81 bits per heavy atom. The Kier molecular flexibility index (Phi) is 8.79. The van der Waals surface area contributed by atoms with E-state index in [1.165, 1.54) is 4.31 Å². The number of benzene rings is 2. The van der Waals surface area contributed by atoms with E-state index in [1.807, 2.05) is 0 Å². The molecule has 0 saturated carbocycles. The van der Waals surface area contributed by atoms with E-state index in [0.29, 0.717) is 17.8 Å². The Hall–Kier alpha value is -1.84. The van der Waals surface area contributed by atoms with Crippen LogP contribution in [0.5, 0.6) is 0 Å². The van der Waals surface area contributed by atoms with Gasteiger partial charge in [0.15, 0.2) is 0 Å². The second-order valence-electron chi connectivity index (χ2n) is 7.60. The van der Waals surface area contributed by atoms with E-state index in [9.17, 15) is 13.2 Å². The van der Waals surface area contributed by atoms with Crippen molar-refractivity contribution in [2.45, 2.75) is 13.0 Å². The van der Waals surface area contributed by atoms with Crippen LogP contribution in [-0.2, 0) is 21.3 Å². The quantitative estimate of drug-likeness (QED) is 0.534. The molecule has 1 amide bonds. The van der Waals surface area contributed by atoms with Gasteiger partial charge < -0.3 is 10.1 Å². The maximum Gasteiger partial charge on any atom is 0.251 e. The lowest BCUT2D eigenvalue weighted by atomic mass is 10.1. The van der Waals surface area contributed by atoms with Gasteiger partial charge in [-0.05, 0) is 42.8 Å². The first kappa shape index (κ1) is 24.8. The predicted molar refractivity (Wildman–Crippen MR) is 128 cm³/mol. The molecule has 1 aliphatic rings. The van der Waals surface area contributed by atoms with Gasteiger partial charge in [0, 0.05) is 25.2 Å². The maximum absolute atomic E-state index is 12.4. The molecule has 0 spiro atoms. The third-order valence-electron chi connectivity index (χ3n) is 5.18. The van der Waals surface area contributed by atoms with Gasteiger partial charge in [0.1, 0.15) is 0 Å². The highest BCUT2D eigenvalue weighted by atomic mass is 35.5. The summed E-state index contributed by atoms with van der Waals surface area (Å²) in [5, 5.41) is 3.38. The maximum atomic E-state index is 12.4. The second-order valence-corrected chi connectivity index (χ2v) is 10.3. The van der Waals surface area contributed by atoms with Crippen molar-refractivity contribution in [1.82, 2.24) is 10.2 Å². The number of anilines is 1. The third-order valence-corrected chi connectivity index (χ3v) is 7.12. The molecule has 7 nitrogen and oxygen atoms in total. The molecule has 10 heteroatoms. The lowest BCUT2D eigenvalue weighted by molar-refractivity contribution is 0.0374. The minimum absolute atomic E-state index is 0.0698. The third kappa shape index (κ3) is 6.83. The molecule has 0 radical (unpaired) electrons. The Labute approximate surface area is 199 Å². The fraction of sp³-hybridized carbons (Fsp3) is 0.409. The zero-order valence-corrected chi connectivity index (χ0v) is 20.2. The van der Waals surface area contributed by atoms with Crippen LogP contribution in [0.25, 0.3) is 0 Å². The van der Waals surface area contributed by atoms with Crippen molar-refractivity contribution in [2.75, 3.05) is 50.0 Å². The highest BCUT2D eigenvalue weighted by Gasteiger charge is 2.21. The molecule has 174 valence electrons. The summed E-state index contributed by atoms with van der Waals surface area (Å²) in [4.78, 5) is 14.7. The van der Waals surface area contributed by atoms with Crippen LogP contribution in [0.4, 0.5) is 5.69 Å². The smallest absolute Gasteiger partial charge is 0.251 e. The van der Waals surface area contributed by atoms with Gasteiger partial charge in [0.25, 0.3) is 5.91 Å². The van der Waals surface area contributed by atoms with Gasteiger partial charge >= 0.3 is 0 Å². The topological polar surface area (TPSA) is 79.0 Å². The summed E-state index contributed by atoms with van der Waals surface area (Å²) in [5.74, 6) is -0.156. The molecule has 1 aliphatic heterocycles. The average Bonchev–Trinajstić information content (AvgIpc) is 2.77. The molecule has 2 aromatic rings. The summed E-state index contributed by atoms with van der Waals surface area (Å²) < 4.78 is 31.3. The van der Waals surface area contributed by atoms with Crippen molar-refractivity contribution in [3.63, 3.8) is 0 Å². The van der Waals surface area contributed by atoms with Gasteiger partial charge in [0.05, 0.1) is 41.7 Å². The molecule has 2 aromatic carbocycles. The monoisotopic (exact) mass is 499 g/mol. The van der Waals surface area contributed by atoms with Crippen molar-refractivity contribution in [1.29, 1.82) is 0 Å². The number of nitrogens with one attached hydrogen (secondary N) is 1. The van der Waals surface area contributed by atoms with Crippen LogP contribution in [0.15, 0.2) is 42.5 Å². The molecule has 0 unspecified atom stereocenters. The molecular formula is C22H27Cl2N3O4S. The Balaban J connectivity index is 1.58. The molecule has 0 aromatic heterocycles. The van der Waals surface area contributed by atoms with Crippen molar-refractivity contribution in [3.05, 3.63) is 63.6 Å². The molecule has 0 atom stereocenters. The number of morpholine rings is 1. The van der Waals surface area contributed by atoms with Crippen LogP contribution in [0.2, 0.25) is 10.0 Å². The molecule has 32 heavy (non-hydrogen) atoms. The van der Waals surface area contributed by atoms with Gasteiger partial charge in [-0.1, -0.05) is 41.4 Å². The first-order valence-electron chi connectivity index (χ1n) is 10.3. The first-order valence-corrected chi connectivity index (χ1v) is 12.9. The van der Waals surface area contributed by atoms with Crippen LogP contribution >= 0.6 is 23.2 Å². The molecular weight excluding hydrogens is 473 g/mol. The van der Waals surface area contributed by atoms with Gasteiger partial charge in [-0.15, -0.1) is 0 Å². The van der Waals surface area contributed by atoms with E-state index in [2.05, 4.69) is 10.2 Å². The molecule has 3 rings (SSSR count). The average molecular weight is 500 g/mol. The van der Waals surface area contributed by atoms with Crippen molar-refractivity contribution in [3.8, 4) is 0 Å². The summed E-state index contributed by atoms with van der Waals surface area (Å²) in [7, 11) is -3.61. The summed E-state index contributed by atoms with van der Waals surface area (Å²) in [5.41, 5.74) is 1.55. The van der Waals surface area contributed by atoms with Gasteiger partial charge in [0.2, 0.25) is 10.0 Å². The Morgan fingerprint density at radius 3 is 2.47 bits per heavy atom. The zero-order valence-electron chi connectivity index (χ0n) is 17.9. The normalized spacial score (nSPS) is 14.8. The number of ether oxygens (including phenoxy) is 1. The van der Waals surface area contributed by atoms with E-state index in [4.69, 9.17) is 27.9 Å². The van der Waals surface area contributed by atoms with E-state index in [0.717, 1.165) is 51.1 Å². The predicted octanol–water partition coefficient (Wildman–Crippen LogP) is 3.41. The number of amides is 1. The van der Waals surface area contributed by atoms with Crippen molar-refractivity contribution < 1.29 is 17.9 Å². The molecule has 1 fully saturated rings. The Morgan fingerprint density at radius 1 is 1.12 bits per heavy atom. The van der Waals surface area contributed by atoms with E-state index in [1.54, 1.807) is 42.5 Å².